The monoisotopic (exact) mass is 208 g/mol. The van der Waals surface area contributed by atoms with E-state index in [-0.39, 0.29) is 0 Å². The molecule has 2 fully saturated rings. The first-order valence-corrected chi connectivity index (χ1v) is 6.36. The normalized spacial score (nSPS) is 28.1. The third-order valence-electron chi connectivity index (χ3n) is 4.10. The number of nitrogens with zero attached hydrogens (tertiary/aromatic N) is 1. The van der Waals surface area contributed by atoms with E-state index in [9.17, 15) is 0 Å². The van der Waals surface area contributed by atoms with Crippen LogP contribution in [0.15, 0.2) is 12.7 Å². The molecular weight excluding hydrogens is 184 g/mol. The summed E-state index contributed by atoms with van der Waals surface area (Å²) in [6.07, 6.45) is 8.76. The maximum absolute atomic E-state index is 3.84. The summed E-state index contributed by atoms with van der Waals surface area (Å²) in [5.74, 6) is 0. The summed E-state index contributed by atoms with van der Waals surface area (Å²) in [5, 5.41) is 3.75. The minimum absolute atomic E-state index is 0.466. The molecule has 2 rings (SSSR count). The van der Waals surface area contributed by atoms with Gasteiger partial charge in [0.2, 0.25) is 0 Å². The van der Waals surface area contributed by atoms with Gasteiger partial charge >= 0.3 is 0 Å². The first-order chi connectivity index (χ1) is 7.26. The van der Waals surface area contributed by atoms with Crippen LogP contribution >= 0.6 is 0 Å². The molecular formula is C13H24N2. The lowest BCUT2D eigenvalue weighted by Crippen LogP contribution is -2.60. The van der Waals surface area contributed by atoms with Gasteiger partial charge in [0.05, 0.1) is 0 Å². The van der Waals surface area contributed by atoms with Gasteiger partial charge in [0.25, 0.3) is 0 Å². The van der Waals surface area contributed by atoms with Gasteiger partial charge in [-0.05, 0) is 26.2 Å². The van der Waals surface area contributed by atoms with Crippen LogP contribution in [0.3, 0.4) is 0 Å². The number of rotatable bonds is 3. The van der Waals surface area contributed by atoms with E-state index >= 15 is 0 Å². The average Bonchev–Trinajstić information content (AvgIpc) is 2.67. The summed E-state index contributed by atoms with van der Waals surface area (Å²) in [4.78, 5) is 2.64. The largest absolute Gasteiger partial charge is 0.309 e. The highest BCUT2D eigenvalue weighted by Crippen LogP contribution is 2.32. The number of piperazine rings is 1. The van der Waals surface area contributed by atoms with Crippen LogP contribution in [0.25, 0.3) is 0 Å². The zero-order valence-electron chi connectivity index (χ0n) is 9.97. The fourth-order valence-corrected chi connectivity index (χ4v) is 3.14. The minimum Gasteiger partial charge on any atom is -0.309 e. The topological polar surface area (TPSA) is 15.3 Å². The molecule has 0 radical (unpaired) electrons. The Kier molecular flexibility index (Phi) is 3.47. The molecule has 2 heteroatoms. The van der Waals surface area contributed by atoms with Crippen LogP contribution in [0.5, 0.6) is 0 Å². The summed E-state index contributed by atoms with van der Waals surface area (Å²) in [6.45, 7) is 9.80. The number of hydrogen-bond donors (Lipinski definition) is 1. The summed E-state index contributed by atoms with van der Waals surface area (Å²) < 4.78 is 0. The second kappa shape index (κ2) is 4.67. The van der Waals surface area contributed by atoms with Crippen LogP contribution < -0.4 is 5.32 Å². The van der Waals surface area contributed by atoms with E-state index in [0.717, 1.165) is 6.42 Å². The van der Waals surface area contributed by atoms with Crippen LogP contribution in [-0.4, -0.2) is 36.1 Å². The third kappa shape index (κ3) is 2.43. The van der Waals surface area contributed by atoms with Gasteiger partial charge in [-0.25, -0.2) is 0 Å². The molecule has 1 aliphatic carbocycles. The van der Waals surface area contributed by atoms with E-state index in [2.05, 4.69) is 23.7 Å². The highest BCUT2D eigenvalue weighted by atomic mass is 15.2. The van der Waals surface area contributed by atoms with Crippen molar-refractivity contribution in [1.82, 2.24) is 10.2 Å². The molecule has 1 saturated carbocycles. The van der Waals surface area contributed by atoms with Crippen LogP contribution in [-0.2, 0) is 0 Å². The molecule has 0 aromatic heterocycles. The minimum atomic E-state index is 0.466. The molecule has 2 nitrogen and oxygen atoms in total. The predicted octanol–water partition coefficient (Wildman–Crippen LogP) is 2.17. The van der Waals surface area contributed by atoms with E-state index in [4.69, 9.17) is 0 Å². The average molecular weight is 208 g/mol. The maximum Gasteiger partial charge on any atom is 0.0309 e. The van der Waals surface area contributed by atoms with Crippen molar-refractivity contribution in [3.05, 3.63) is 12.7 Å². The molecule has 1 saturated heterocycles. The Morgan fingerprint density at radius 3 is 2.87 bits per heavy atom. The van der Waals surface area contributed by atoms with E-state index in [0.29, 0.717) is 11.6 Å². The number of hydrogen-bond acceptors (Lipinski definition) is 2. The first kappa shape index (κ1) is 11.2. The van der Waals surface area contributed by atoms with E-state index in [1.165, 1.54) is 45.3 Å². The van der Waals surface area contributed by atoms with Crippen molar-refractivity contribution in [1.29, 1.82) is 0 Å². The third-order valence-corrected chi connectivity index (χ3v) is 4.10. The Labute approximate surface area is 93.7 Å². The molecule has 1 N–H and O–H groups in total. The smallest absolute Gasteiger partial charge is 0.0309 e. The van der Waals surface area contributed by atoms with Gasteiger partial charge < -0.3 is 5.32 Å². The maximum atomic E-state index is 3.84. The second-order valence-corrected chi connectivity index (χ2v) is 5.26. The van der Waals surface area contributed by atoms with Crippen LogP contribution in [0.2, 0.25) is 0 Å². The Morgan fingerprint density at radius 1 is 1.47 bits per heavy atom. The van der Waals surface area contributed by atoms with Gasteiger partial charge in [-0.15, -0.1) is 6.58 Å². The quantitative estimate of drug-likeness (QED) is 0.715. The highest BCUT2D eigenvalue weighted by molar-refractivity contribution is 4.99. The van der Waals surface area contributed by atoms with Crippen molar-refractivity contribution in [3.63, 3.8) is 0 Å². The summed E-state index contributed by atoms with van der Waals surface area (Å²) in [5.41, 5.74) is 0.466. The lowest BCUT2D eigenvalue weighted by molar-refractivity contribution is 0.102. The zero-order valence-corrected chi connectivity index (χ0v) is 9.97. The van der Waals surface area contributed by atoms with E-state index < -0.39 is 0 Å². The molecule has 1 unspecified atom stereocenters. The van der Waals surface area contributed by atoms with E-state index in [1.807, 2.05) is 6.08 Å². The van der Waals surface area contributed by atoms with Gasteiger partial charge in [0, 0.05) is 31.2 Å². The molecule has 0 aromatic rings. The molecule has 2 aliphatic rings. The first-order valence-electron chi connectivity index (χ1n) is 6.36. The van der Waals surface area contributed by atoms with Crippen LogP contribution in [0.1, 0.15) is 39.0 Å². The molecule has 1 spiro atoms. The van der Waals surface area contributed by atoms with E-state index in [1.54, 1.807) is 0 Å². The Hall–Kier alpha value is -0.340. The van der Waals surface area contributed by atoms with Crippen LogP contribution in [0, 0.1) is 0 Å². The Morgan fingerprint density at radius 2 is 2.20 bits per heavy atom. The standard InChI is InChI=1S/C13H24N2/c1-3-6-12(2)15-10-9-14-13(11-15)7-4-5-8-13/h3,12,14H,1,4-11H2,2H3. The molecule has 0 aromatic carbocycles. The Balaban J connectivity index is 1.94. The lowest BCUT2D eigenvalue weighted by atomic mass is 9.93. The lowest BCUT2D eigenvalue weighted by Gasteiger charge is -2.44. The molecule has 0 amide bonds. The highest BCUT2D eigenvalue weighted by Gasteiger charge is 2.38. The fraction of sp³-hybridized carbons (Fsp3) is 0.846. The van der Waals surface area contributed by atoms with Gasteiger partial charge in [-0.3, -0.25) is 4.90 Å². The van der Waals surface area contributed by atoms with Gasteiger partial charge in [0.1, 0.15) is 0 Å². The molecule has 1 aliphatic heterocycles. The summed E-state index contributed by atoms with van der Waals surface area (Å²) in [6, 6.07) is 0.669. The molecule has 1 atom stereocenters. The summed E-state index contributed by atoms with van der Waals surface area (Å²) >= 11 is 0. The fourth-order valence-electron chi connectivity index (χ4n) is 3.14. The van der Waals surface area contributed by atoms with Crippen molar-refractivity contribution in [2.24, 2.45) is 0 Å². The molecule has 15 heavy (non-hydrogen) atoms. The van der Waals surface area contributed by atoms with Crippen molar-refractivity contribution in [2.75, 3.05) is 19.6 Å². The second-order valence-electron chi connectivity index (χ2n) is 5.26. The van der Waals surface area contributed by atoms with Gasteiger partial charge in [-0.1, -0.05) is 18.9 Å². The van der Waals surface area contributed by atoms with Crippen LogP contribution in [0.4, 0.5) is 0 Å². The van der Waals surface area contributed by atoms with Crippen molar-refractivity contribution < 1.29 is 0 Å². The van der Waals surface area contributed by atoms with Gasteiger partial charge in [-0.2, -0.15) is 0 Å². The van der Waals surface area contributed by atoms with Crippen molar-refractivity contribution in [3.8, 4) is 0 Å². The SMILES string of the molecule is C=CCC(C)N1CCNC2(CCCC2)C1. The molecule has 1 heterocycles. The Bertz CT molecular complexity index is 219. The number of nitrogens with one attached hydrogen (secondary N) is 1. The summed E-state index contributed by atoms with van der Waals surface area (Å²) in [7, 11) is 0. The molecule has 0 bridgehead atoms. The predicted molar refractivity (Wildman–Crippen MR) is 65.1 cm³/mol. The van der Waals surface area contributed by atoms with Crippen molar-refractivity contribution in [2.45, 2.75) is 50.6 Å². The van der Waals surface area contributed by atoms with Crippen molar-refractivity contribution >= 4 is 0 Å². The van der Waals surface area contributed by atoms with Gasteiger partial charge in [0.15, 0.2) is 0 Å². The zero-order chi connectivity index (χ0) is 10.7. The molecule has 86 valence electrons.